The molecule has 1 fully saturated rings. The van der Waals surface area contributed by atoms with Crippen molar-refractivity contribution in [2.45, 2.75) is 70.4 Å². The number of carbonyl (C=O) groups excluding carboxylic acids is 2. The number of hydrogen-bond donors (Lipinski definition) is 2. The van der Waals surface area contributed by atoms with Crippen LogP contribution in [0.5, 0.6) is 0 Å². The third-order valence-corrected chi connectivity index (χ3v) is 5.10. The molecule has 0 bridgehead atoms. The second kappa shape index (κ2) is 8.32. The molecule has 2 rings (SSSR count). The minimum atomic E-state index is -0.891. The molecule has 1 saturated carbocycles. The highest BCUT2D eigenvalue weighted by Crippen LogP contribution is 2.28. The second-order valence-electron chi connectivity index (χ2n) is 7.10. The first-order valence-corrected chi connectivity index (χ1v) is 9.18. The van der Waals surface area contributed by atoms with Gasteiger partial charge in [0.1, 0.15) is 5.54 Å². The third kappa shape index (κ3) is 4.71. The van der Waals surface area contributed by atoms with Crippen molar-refractivity contribution < 1.29 is 9.59 Å². The van der Waals surface area contributed by atoms with Crippen LogP contribution in [0.4, 0.5) is 0 Å². The average Bonchev–Trinajstić information content (AvgIpc) is 2.83. The lowest BCUT2D eigenvalue weighted by atomic mass is 9.88. The zero-order chi connectivity index (χ0) is 18.4. The number of nitrogens with one attached hydrogen (secondary N) is 2. The van der Waals surface area contributed by atoms with Gasteiger partial charge in [0.25, 0.3) is 11.5 Å². The van der Waals surface area contributed by atoms with Gasteiger partial charge < -0.3 is 15.2 Å². The Hall–Kier alpha value is -2.11. The molecule has 138 valence electrons. The summed E-state index contributed by atoms with van der Waals surface area (Å²) in [4.78, 5) is 37.4. The molecule has 0 spiro atoms. The summed E-state index contributed by atoms with van der Waals surface area (Å²) >= 11 is 0. The fourth-order valence-electron chi connectivity index (χ4n) is 3.18. The third-order valence-electron chi connectivity index (χ3n) is 5.10. The van der Waals surface area contributed by atoms with Gasteiger partial charge in [-0.2, -0.15) is 0 Å². The van der Waals surface area contributed by atoms with E-state index in [1.54, 1.807) is 19.3 Å². The van der Waals surface area contributed by atoms with Gasteiger partial charge in [-0.05, 0) is 32.3 Å². The molecule has 0 aromatic carbocycles. The molecule has 0 saturated heterocycles. The first-order chi connectivity index (χ1) is 11.9. The van der Waals surface area contributed by atoms with E-state index in [2.05, 4.69) is 10.6 Å². The molecule has 0 radical (unpaired) electrons. The van der Waals surface area contributed by atoms with E-state index in [4.69, 9.17) is 0 Å². The van der Waals surface area contributed by atoms with E-state index in [9.17, 15) is 14.4 Å². The number of aryl methyl sites for hydroxylation is 1. The highest BCUT2D eigenvalue weighted by molar-refractivity contribution is 5.99. The summed E-state index contributed by atoms with van der Waals surface area (Å²) in [5, 5.41) is 5.99. The summed E-state index contributed by atoms with van der Waals surface area (Å²) < 4.78 is 1.41. The zero-order valence-corrected chi connectivity index (χ0v) is 15.4. The highest BCUT2D eigenvalue weighted by Gasteiger charge is 2.40. The minimum Gasteiger partial charge on any atom is -0.352 e. The maximum atomic E-state index is 12.9. The summed E-state index contributed by atoms with van der Waals surface area (Å²) in [5.41, 5.74) is -0.840. The number of hydrogen-bond acceptors (Lipinski definition) is 3. The van der Waals surface area contributed by atoms with Crippen molar-refractivity contribution in [3.05, 3.63) is 34.2 Å². The highest BCUT2D eigenvalue weighted by atomic mass is 16.2. The van der Waals surface area contributed by atoms with Gasteiger partial charge in [-0.3, -0.25) is 14.4 Å². The van der Waals surface area contributed by atoms with Gasteiger partial charge in [0, 0.05) is 30.9 Å². The summed E-state index contributed by atoms with van der Waals surface area (Å²) in [6.45, 7) is 3.98. The van der Waals surface area contributed by atoms with E-state index >= 15 is 0 Å². The molecule has 2 amide bonds. The SMILES string of the molecule is CCC(C)NC(=O)C1(NC(=O)c2ccn(C)c(=O)c2)CCCCCC1. The molecule has 1 aliphatic rings. The Labute approximate surface area is 149 Å². The Bertz CT molecular complexity index is 673. The van der Waals surface area contributed by atoms with Crippen molar-refractivity contribution in [1.82, 2.24) is 15.2 Å². The normalized spacial score (nSPS) is 18.0. The Morgan fingerprint density at radius 1 is 1.24 bits per heavy atom. The molecule has 1 aliphatic carbocycles. The molecule has 1 aromatic rings. The Balaban J connectivity index is 2.25. The fourth-order valence-corrected chi connectivity index (χ4v) is 3.18. The molecular formula is C19H29N3O3. The summed E-state index contributed by atoms with van der Waals surface area (Å²) in [6.07, 6.45) is 7.62. The van der Waals surface area contributed by atoms with E-state index in [1.807, 2.05) is 13.8 Å². The largest absolute Gasteiger partial charge is 0.352 e. The van der Waals surface area contributed by atoms with Crippen LogP contribution in [0.2, 0.25) is 0 Å². The number of amides is 2. The number of aromatic nitrogens is 1. The first kappa shape index (κ1) is 19.2. The van der Waals surface area contributed by atoms with Crippen molar-refractivity contribution in [1.29, 1.82) is 0 Å². The summed E-state index contributed by atoms with van der Waals surface area (Å²) in [6, 6.07) is 2.98. The van der Waals surface area contributed by atoms with E-state index in [1.165, 1.54) is 10.6 Å². The fraction of sp³-hybridized carbons (Fsp3) is 0.632. The van der Waals surface area contributed by atoms with Crippen LogP contribution in [0.1, 0.15) is 69.2 Å². The molecule has 0 aliphatic heterocycles. The zero-order valence-electron chi connectivity index (χ0n) is 15.4. The van der Waals surface area contributed by atoms with Gasteiger partial charge in [-0.1, -0.05) is 32.6 Å². The standard InChI is InChI=1S/C19H29N3O3/c1-4-14(2)20-18(25)19(10-7-5-6-8-11-19)21-17(24)15-9-12-22(3)16(23)13-15/h9,12-14H,4-8,10-11H2,1-3H3,(H,20,25)(H,21,24). The monoisotopic (exact) mass is 347 g/mol. The summed E-state index contributed by atoms with van der Waals surface area (Å²) in [7, 11) is 1.64. The Morgan fingerprint density at radius 2 is 1.88 bits per heavy atom. The summed E-state index contributed by atoms with van der Waals surface area (Å²) in [5.74, 6) is -0.472. The van der Waals surface area contributed by atoms with E-state index in [0.717, 1.165) is 32.1 Å². The van der Waals surface area contributed by atoms with Crippen molar-refractivity contribution in [3.63, 3.8) is 0 Å². The Morgan fingerprint density at radius 3 is 2.44 bits per heavy atom. The molecular weight excluding hydrogens is 318 g/mol. The van der Waals surface area contributed by atoms with E-state index in [-0.39, 0.29) is 23.4 Å². The van der Waals surface area contributed by atoms with Crippen molar-refractivity contribution in [3.8, 4) is 0 Å². The Kier molecular flexibility index (Phi) is 6.39. The topological polar surface area (TPSA) is 80.2 Å². The molecule has 1 heterocycles. The lowest BCUT2D eigenvalue weighted by Gasteiger charge is -2.33. The maximum Gasteiger partial charge on any atom is 0.252 e. The second-order valence-corrected chi connectivity index (χ2v) is 7.10. The van der Waals surface area contributed by atoms with Crippen LogP contribution < -0.4 is 16.2 Å². The molecule has 2 N–H and O–H groups in total. The van der Waals surface area contributed by atoms with Crippen molar-refractivity contribution >= 4 is 11.8 Å². The quantitative estimate of drug-likeness (QED) is 0.801. The van der Waals surface area contributed by atoms with Crippen molar-refractivity contribution in [2.75, 3.05) is 0 Å². The van der Waals surface area contributed by atoms with Crippen LogP contribution in [0.25, 0.3) is 0 Å². The lowest BCUT2D eigenvalue weighted by Crippen LogP contribution is -2.59. The van der Waals surface area contributed by atoms with Crippen LogP contribution in [-0.4, -0.2) is 28.0 Å². The number of pyridine rings is 1. The molecule has 6 nitrogen and oxygen atoms in total. The molecule has 6 heteroatoms. The van der Waals surface area contributed by atoms with Crippen LogP contribution in [-0.2, 0) is 11.8 Å². The van der Waals surface area contributed by atoms with Gasteiger partial charge in [0.15, 0.2) is 0 Å². The van der Waals surface area contributed by atoms with Crippen LogP contribution >= 0.6 is 0 Å². The van der Waals surface area contributed by atoms with E-state index < -0.39 is 5.54 Å². The van der Waals surface area contributed by atoms with E-state index in [0.29, 0.717) is 18.4 Å². The number of rotatable bonds is 5. The van der Waals surface area contributed by atoms with Gasteiger partial charge >= 0.3 is 0 Å². The number of carbonyl (C=O) groups is 2. The van der Waals surface area contributed by atoms with Crippen molar-refractivity contribution in [2.24, 2.45) is 7.05 Å². The minimum absolute atomic E-state index is 0.0635. The smallest absolute Gasteiger partial charge is 0.252 e. The maximum absolute atomic E-state index is 12.9. The van der Waals surface area contributed by atoms with Gasteiger partial charge in [-0.15, -0.1) is 0 Å². The predicted molar refractivity (Wildman–Crippen MR) is 97.5 cm³/mol. The number of nitrogens with zero attached hydrogens (tertiary/aromatic N) is 1. The van der Waals surface area contributed by atoms with Crippen LogP contribution in [0.15, 0.2) is 23.1 Å². The lowest BCUT2D eigenvalue weighted by molar-refractivity contribution is -0.128. The first-order valence-electron chi connectivity index (χ1n) is 9.18. The molecule has 25 heavy (non-hydrogen) atoms. The molecule has 1 atom stereocenters. The predicted octanol–water partition coefficient (Wildman–Crippen LogP) is 2.12. The average molecular weight is 347 g/mol. The van der Waals surface area contributed by atoms with Crippen LogP contribution in [0, 0.1) is 0 Å². The van der Waals surface area contributed by atoms with Gasteiger partial charge in [0.2, 0.25) is 5.91 Å². The molecule has 1 aromatic heterocycles. The van der Waals surface area contributed by atoms with Gasteiger partial charge in [0.05, 0.1) is 0 Å². The van der Waals surface area contributed by atoms with Gasteiger partial charge in [-0.25, -0.2) is 0 Å². The van der Waals surface area contributed by atoms with Crippen LogP contribution in [0.3, 0.4) is 0 Å². The molecule has 1 unspecified atom stereocenters.